The highest BCUT2D eigenvalue weighted by molar-refractivity contribution is 6.30. The summed E-state index contributed by atoms with van der Waals surface area (Å²) in [7, 11) is 0. The molecule has 2 N–H and O–H groups in total. The van der Waals surface area contributed by atoms with Gasteiger partial charge in [0.2, 0.25) is 5.76 Å². The molecule has 1 aromatic carbocycles. The minimum Gasteiger partial charge on any atom is -0.484 e. The summed E-state index contributed by atoms with van der Waals surface area (Å²) in [6, 6.07) is 4.02. The number of halogens is 2. The van der Waals surface area contributed by atoms with Gasteiger partial charge < -0.3 is 19.8 Å². The van der Waals surface area contributed by atoms with E-state index in [1.807, 2.05) is 0 Å². The van der Waals surface area contributed by atoms with Crippen LogP contribution in [0, 0.1) is 11.7 Å². The van der Waals surface area contributed by atoms with E-state index in [-0.39, 0.29) is 46.5 Å². The molecule has 1 heterocycles. The molecular formula is C21H21ClFN3O4. The molecule has 2 bridgehead atoms. The zero-order valence-electron chi connectivity index (χ0n) is 16.1. The van der Waals surface area contributed by atoms with Crippen molar-refractivity contribution in [3.8, 4) is 5.75 Å². The second-order valence-electron chi connectivity index (χ2n) is 8.48. The third-order valence-electron chi connectivity index (χ3n) is 6.14. The van der Waals surface area contributed by atoms with Gasteiger partial charge in [0.15, 0.2) is 12.5 Å². The number of aromatic nitrogens is 1. The number of nitrogens with zero attached hydrogens (tertiary/aromatic N) is 1. The molecule has 9 heteroatoms. The Morgan fingerprint density at radius 3 is 2.83 bits per heavy atom. The van der Waals surface area contributed by atoms with Crippen LogP contribution in [0.2, 0.25) is 5.02 Å². The highest BCUT2D eigenvalue weighted by Crippen LogP contribution is 2.52. The van der Waals surface area contributed by atoms with Crippen molar-refractivity contribution in [2.24, 2.45) is 5.92 Å². The average molecular weight is 434 g/mol. The summed E-state index contributed by atoms with van der Waals surface area (Å²) in [6.07, 6.45) is 5.88. The SMILES string of the molecule is O=C(COc1ccc(Cl)c(F)c1)NC12CC(C1)C(NC(=O)c1cnc(C3CC3)o1)C2. The molecule has 0 aliphatic heterocycles. The van der Waals surface area contributed by atoms with Gasteiger partial charge >= 0.3 is 0 Å². The fraction of sp³-hybridized carbons (Fsp3) is 0.476. The summed E-state index contributed by atoms with van der Waals surface area (Å²) in [4.78, 5) is 29.0. The Morgan fingerprint density at radius 1 is 1.30 bits per heavy atom. The van der Waals surface area contributed by atoms with Crippen molar-refractivity contribution >= 4 is 23.4 Å². The van der Waals surface area contributed by atoms with E-state index in [1.54, 1.807) is 0 Å². The van der Waals surface area contributed by atoms with Crippen LogP contribution >= 0.6 is 11.6 Å². The molecule has 6 rings (SSSR count). The van der Waals surface area contributed by atoms with Crippen LogP contribution in [0.25, 0.3) is 0 Å². The van der Waals surface area contributed by atoms with E-state index in [2.05, 4.69) is 15.6 Å². The summed E-state index contributed by atoms with van der Waals surface area (Å²) < 4.78 is 24.4. The van der Waals surface area contributed by atoms with Gasteiger partial charge in [0.05, 0.1) is 11.2 Å². The van der Waals surface area contributed by atoms with E-state index in [9.17, 15) is 14.0 Å². The lowest BCUT2D eigenvalue weighted by atomic mass is 9.76. The number of nitrogens with one attached hydrogen (secondary N) is 2. The number of benzene rings is 1. The molecule has 158 valence electrons. The number of carbonyl (C=O) groups excluding carboxylic acids is 2. The van der Waals surface area contributed by atoms with Gasteiger partial charge in [-0.25, -0.2) is 9.37 Å². The highest BCUT2D eigenvalue weighted by atomic mass is 35.5. The van der Waals surface area contributed by atoms with Crippen LogP contribution in [-0.2, 0) is 4.79 Å². The predicted molar refractivity (Wildman–Crippen MR) is 105 cm³/mol. The van der Waals surface area contributed by atoms with E-state index < -0.39 is 5.82 Å². The van der Waals surface area contributed by atoms with E-state index in [1.165, 1.54) is 18.3 Å². The fourth-order valence-corrected chi connectivity index (χ4v) is 4.62. The largest absolute Gasteiger partial charge is 0.484 e. The zero-order valence-corrected chi connectivity index (χ0v) is 16.9. The van der Waals surface area contributed by atoms with Crippen molar-refractivity contribution in [1.29, 1.82) is 0 Å². The standard InChI is InChI=1S/C21H21ClFN3O4/c22-14-4-3-13(5-15(14)23)29-10-18(27)26-21-6-12(7-21)16(8-21)25-19(28)17-9-24-20(30-17)11-1-2-11/h3-5,9,11-12,16H,1-2,6-8,10H2,(H,25,28)(H,26,27). The van der Waals surface area contributed by atoms with Gasteiger partial charge in [0.1, 0.15) is 11.6 Å². The van der Waals surface area contributed by atoms with Crippen molar-refractivity contribution in [1.82, 2.24) is 15.6 Å². The number of hydrogen-bond acceptors (Lipinski definition) is 5. The predicted octanol–water partition coefficient (Wildman–Crippen LogP) is 3.19. The Labute approximate surface area is 177 Å². The molecule has 4 aliphatic carbocycles. The molecule has 0 saturated heterocycles. The van der Waals surface area contributed by atoms with Crippen LogP contribution in [0.4, 0.5) is 4.39 Å². The Hall–Kier alpha value is -2.61. The van der Waals surface area contributed by atoms with Crippen LogP contribution in [0.1, 0.15) is 54.5 Å². The number of fused-ring (bicyclic) bond motifs is 1. The minimum atomic E-state index is -0.597. The Morgan fingerprint density at radius 2 is 2.10 bits per heavy atom. The minimum absolute atomic E-state index is 0.000613. The molecule has 7 nitrogen and oxygen atoms in total. The molecule has 4 saturated carbocycles. The van der Waals surface area contributed by atoms with Crippen LogP contribution in [0.5, 0.6) is 5.75 Å². The third-order valence-corrected chi connectivity index (χ3v) is 6.45. The van der Waals surface area contributed by atoms with Crippen LogP contribution in [-0.4, -0.2) is 35.0 Å². The third kappa shape index (κ3) is 3.76. The second kappa shape index (κ2) is 7.27. The summed E-state index contributed by atoms with van der Waals surface area (Å²) in [6.45, 7) is -0.216. The molecule has 1 atom stereocenters. The number of rotatable bonds is 7. The lowest BCUT2D eigenvalue weighted by Crippen LogP contribution is -2.53. The van der Waals surface area contributed by atoms with Gasteiger partial charge in [-0.15, -0.1) is 0 Å². The maximum absolute atomic E-state index is 13.5. The van der Waals surface area contributed by atoms with Gasteiger partial charge in [-0.2, -0.15) is 0 Å². The van der Waals surface area contributed by atoms with E-state index >= 15 is 0 Å². The summed E-state index contributed by atoms with van der Waals surface area (Å²) in [5.41, 5.74) is -0.325. The topological polar surface area (TPSA) is 93.5 Å². The first-order valence-electron chi connectivity index (χ1n) is 10.1. The first-order chi connectivity index (χ1) is 14.4. The van der Waals surface area contributed by atoms with E-state index in [4.69, 9.17) is 20.8 Å². The maximum atomic E-state index is 13.5. The molecular weight excluding hydrogens is 413 g/mol. The first kappa shape index (κ1) is 19.4. The Bertz CT molecular complexity index is 1000. The molecule has 4 aliphatic rings. The molecule has 4 fully saturated rings. The molecule has 1 aromatic heterocycles. The summed E-state index contributed by atoms with van der Waals surface area (Å²) >= 11 is 5.64. The van der Waals surface area contributed by atoms with E-state index in [0.29, 0.717) is 24.1 Å². The van der Waals surface area contributed by atoms with Crippen molar-refractivity contribution in [2.75, 3.05) is 6.61 Å². The number of amides is 2. The van der Waals surface area contributed by atoms with Crippen LogP contribution < -0.4 is 15.4 Å². The average Bonchev–Trinajstić information content (AvgIpc) is 3.18. The van der Waals surface area contributed by atoms with Gasteiger partial charge in [-0.3, -0.25) is 9.59 Å². The van der Waals surface area contributed by atoms with Crippen molar-refractivity contribution in [3.05, 3.63) is 46.9 Å². The van der Waals surface area contributed by atoms with Crippen molar-refractivity contribution in [3.63, 3.8) is 0 Å². The summed E-state index contributed by atoms with van der Waals surface area (Å²) in [5.74, 6) is 0.664. The second-order valence-corrected chi connectivity index (χ2v) is 8.89. The lowest BCUT2D eigenvalue weighted by Gasteiger charge is -2.39. The smallest absolute Gasteiger partial charge is 0.288 e. The van der Waals surface area contributed by atoms with Gasteiger partial charge in [0, 0.05) is 23.6 Å². The van der Waals surface area contributed by atoms with Crippen molar-refractivity contribution in [2.45, 2.75) is 49.6 Å². The van der Waals surface area contributed by atoms with Crippen LogP contribution in [0.15, 0.2) is 28.8 Å². The van der Waals surface area contributed by atoms with E-state index in [0.717, 1.165) is 31.7 Å². The molecule has 0 spiro atoms. The van der Waals surface area contributed by atoms with Crippen LogP contribution in [0.3, 0.4) is 0 Å². The monoisotopic (exact) mass is 433 g/mol. The number of oxazole rings is 1. The normalized spacial score (nSPS) is 26.7. The molecule has 2 aromatic rings. The lowest BCUT2D eigenvalue weighted by molar-refractivity contribution is -0.125. The Kier molecular flexibility index (Phi) is 4.69. The highest BCUT2D eigenvalue weighted by Gasteiger charge is 2.57. The summed E-state index contributed by atoms with van der Waals surface area (Å²) in [5, 5.41) is 6.03. The Balaban J connectivity index is 1.11. The quantitative estimate of drug-likeness (QED) is 0.699. The number of hydrogen-bond donors (Lipinski definition) is 2. The molecule has 2 amide bonds. The van der Waals surface area contributed by atoms with Crippen molar-refractivity contribution < 1.29 is 23.1 Å². The maximum Gasteiger partial charge on any atom is 0.288 e. The number of ether oxygens (including phenoxy) is 1. The van der Waals surface area contributed by atoms with Gasteiger partial charge in [0.25, 0.3) is 11.8 Å². The molecule has 30 heavy (non-hydrogen) atoms. The van der Waals surface area contributed by atoms with Gasteiger partial charge in [-0.05, 0) is 50.2 Å². The molecule has 1 unspecified atom stereocenters. The van der Waals surface area contributed by atoms with Gasteiger partial charge in [-0.1, -0.05) is 11.6 Å². The zero-order chi connectivity index (χ0) is 20.9. The molecule has 0 radical (unpaired) electrons. The fourth-order valence-electron chi connectivity index (χ4n) is 4.50. The number of carbonyl (C=O) groups is 2. The first-order valence-corrected chi connectivity index (χ1v) is 10.4.